The molecule has 0 atom stereocenters. The largest absolute Gasteiger partial charge is 0.474 e. The molecule has 12 heavy (non-hydrogen) atoms. The van der Waals surface area contributed by atoms with Gasteiger partial charge in [0.2, 0.25) is 0 Å². The van der Waals surface area contributed by atoms with Gasteiger partial charge in [-0.1, -0.05) is 13.8 Å². The van der Waals surface area contributed by atoms with Crippen LogP contribution in [0.25, 0.3) is 0 Å². The fraction of sp³-hybridized carbons (Fsp3) is 0.500. The zero-order valence-electron chi connectivity index (χ0n) is 7.29. The van der Waals surface area contributed by atoms with Crippen molar-refractivity contribution in [2.45, 2.75) is 26.7 Å². The van der Waals surface area contributed by atoms with Crippen LogP contribution in [0.5, 0.6) is 0 Å². The molecule has 1 rings (SSSR count). The molecule has 0 aliphatic heterocycles. The van der Waals surface area contributed by atoms with Gasteiger partial charge in [0.05, 0.1) is 5.69 Å². The fourth-order valence-corrected chi connectivity index (χ4v) is 1.04. The Hall–Kier alpha value is -1.32. The monoisotopic (exact) mass is 169 g/mol. The average molecular weight is 169 g/mol. The highest BCUT2D eigenvalue weighted by atomic mass is 16.4. The highest BCUT2D eigenvalue weighted by Gasteiger charge is 2.16. The van der Waals surface area contributed by atoms with Gasteiger partial charge in [0.1, 0.15) is 5.76 Å². The maximum atomic E-state index is 10.4. The summed E-state index contributed by atoms with van der Waals surface area (Å²) in [5.41, 5.74) is 0.715. The molecule has 1 aromatic rings. The molecule has 0 spiro atoms. The van der Waals surface area contributed by atoms with Crippen LogP contribution in [0, 0.1) is 6.92 Å². The van der Waals surface area contributed by atoms with E-state index in [-0.39, 0.29) is 11.8 Å². The third-order valence-corrected chi connectivity index (χ3v) is 1.56. The minimum atomic E-state index is -1.12. The van der Waals surface area contributed by atoms with Gasteiger partial charge in [0.15, 0.2) is 0 Å². The molecule has 0 amide bonds. The van der Waals surface area contributed by atoms with Crippen LogP contribution in [0.2, 0.25) is 0 Å². The number of rotatable bonds is 2. The van der Waals surface area contributed by atoms with E-state index in [4.69, 9.17) is 9.52 Å². The van der Waals surface area contributed by atoms with Crippen LogP contribution in [-0.4, -0.2) is 16.1 Å². The van der Waals surface area contributed by atoms with Gasteiger partial charge in [-0.15, -0.1) is 0 Å². The zero-order chi connectivity index (χ0) is 9.30. The lowest BCUT2D eigenvalue weighted by molar-refractivity contribution is 0.0652. The summed E-state index contributed by atoms with van der Waals surface area (Å²) in [5.74, 6) is -0.564. The predicted octanol–water partition coefficient (Wildman–Crippen LogP) is 1.80. The number of carboxylic acid groups (broad SMARTS) is 1. The van der Waals surface area contributed by atoms with Crippen LogP contribution >= 0.6 is 0 Å². The van der Waals surface area contributed by atoms with E-state index in [1.807, 2.05) is 13.8 Å². The quantitative estimate of drug-likeness (QED) is 0.733. The number of aromatic nitrogens is 1. The van der Waals surface area contributed by atoms with Crippen molar-refractivity contribution in [1.82, 2.24) is 4.98 Å². The van der Waals surface area contributed by atoms with Crippen LogP contribution in [-0.2, 0) is 0 Å². The van der Waals surface area contributed by atoms with Gasteiger partial charge >= 0.3 is 11.9 Å². The number of hydrogen-bond donors (Lipinski definition) is 1. The predicted molar refractivity (Wildman–Crippen MR) is 42.3 cm³/mol. The van der Waals surface area contributed by atoms with Gasteiger partial charge < -0.3 is 9.52 Å². The Balaban J connectivity index is 3.09. The third kappa shape index (κ3) is 1.47. The third-order valence-electron chi connectivity index (χ3n) is 1.56. The number of hydrogen-bond acceptors (Lipinski definition) is 3. The topological polar surface area (TPSA) is 63.3 Å². The molecule has 0 aliphatic rings. The fourth-order valence-electron chi connectivity index (χ4n) is 1.04. The van der Waals surface area contributed by atoms with Gasteiger partial charge in [0, 0.05) is 0 Å². The van der Waals surface area contributed by atoms with Crippen LogP contribution in [0.15, 0.2) is 4.42 Å². The van der Waals surface area contributed by atoms with Crippen molar-refractivity contribution in [2.24, 2.45) is 0 Å². The lowest BCUT2D eigenvalue weighted by Crippen LogP contribution is -1.97. The van der Waals surface area contributed by atoms with E-state index in [2.05, 4.69) is 4.98 Å². The molecule has 0 fully saturated rings. The van der Waals surface area contributed by atoms with E-state index in [0.717, 1.165) is 0 Å². The molecule has 1 aromatic heterocycles. The molecule has 0 saturated heterocycles. The molecular formula is C8H11NO3. The summed E-state index contributed by atoms with van der Waals surface area (Å²) in [6.07, 6.45) is 0. The second-order valence-electron chi connectivity index (χ2n) is 2.92. The highest BCUT2D eigenvalue weighted by molar-refractivity contribution is 5.82. The van der Waals surface area contributed by atoms with Gasteiger partial charge in [-0.2, -0.15) is 0 Å². The van der Waals surface area contributed by atoms with E-state index in [0.29, 0.717) is 11.5 Å². The van der Waals surface area contributed by atoms with Crippen molar-refractivity contribution in [3.63, 3.8) is 0 Å². The molecule has 4 heteroatoms. The summed E-state index contributed by atoms with van der Waals surface area (Å²) >= 11 is 0. The molecule has 0 aliphatic carbocycles. The van der Waals surface area contributed by atoms with Gasteiger partial charge in [-0.25, -0.2) is 9.78 Å². The summed E-state index contributed by atoms with van der Waals surface area (Å²) in [6, 6.07) is 0. The summed E-state index contributed by atoms with van der Waals surface area (Å²) in [6.45, 7) is 5.60. The van der Waals surface area contributed by atoms with Gasteiger partial charge in [0.25, 0.3) is 0 Å². The first-order valence-electron chi connectivity index (χ1n) is 3.73. The van der Waals surface area contributed by atoms with E-state index >= 15 is 0 Å². The Labute approximate surface area is 70.2 Å². The van der Waals surface area contributed by atoms with Crippen molar-refractivity contribution in [3.8, 4) is 0 Å². The molecule has 0 saturated carbocycles. The van der Waals surface area contributed by atoms with E-state index in [1.54, 1.807) is 6.92 Å². The summed E-state index contributed by atoms with van der Waals surface area (Å²) in [4.78, 5) is 14.3. The Morgan fingerprint density at radius 1 is 1.58 bits per heavy atom. The SMILES string of the molecule is Cc1oc(C(=O)O)nc1C(C)C. The van der Waals surface area contributed by atoms with Crippen molar-refractivity contribution in [3.05, 3.63) is 17.3 Å². The van der Waals surface area contributed by atoms with E-state index in [9.17, 15) is 4.79 Å². The highest BCUT2D eigenvalue weighted by Crippen LogP contribution is 2.18. The Morgan fingerprint density at radius 3 is 2.42 bits per heavy atom. The lowest BCUT2D eigenvalue weighted by atomic mass is 10.1. The number of aromatic carboxylic acids is 1. The maximum absolute atomic E-state index is 10.4. The molecular weight excluding hydrogens is 158 g/mol. The molecule has 0 unspecified atom stereocenters. The van der Waals surface area contributed by atoms with Gasteiger partial charge in [-0.05, 0) is 12.8 Å². The first-order valence-corrected chi connectivity index (χ1v) is 3.73. The first kappa shape index (κ1) is 8.77. The molecule has 0 bridgehead atoms. The molecule has 0 aromatic carbocycles. The number of carboxylic acids is 1. The molecule has 1 heterocycles. The van der Waals surface area contributed by atoms with E-state index < -0.39 is 5.97 Å². The second kappa shape index (κ2) is 2.97. The number of nitrogens with zero attached hydrogens (tertiary/aromatic N) is 1. The van der Waals surface area contributed by atoms with Crippen LogP contribution < -0.4 is 0 Å². The van der Waals surface area contributed by atoms with E-state index in [1.165, 1.54) is 0 Å². The lowest BCUT2D eigenvalue weighted by Gasteiger charge is -1.97. The smallest absolute Gasteiger partial charge is 0.392 e. The molecule has 1 N–H and O–H groups in total. The average Bonchev–Trinajstić information content (AvgIpc) is 2.30. The zero-order valence-corrected chi connectivity index (χ0v) is 7.29. The Bertz CT molecular complexity index is 301. The van der Waals surface area contributed by atoms with Crippen molar-refractivity contribution in [2.75, 3.05) is 0 Å². The summed E-state index contributed by atoms with van der Waals surface area (Å²) in [5, 5.41) is 8.55. The standard InChI is InChI=1S/C8H11NO3/c1-4(2)6-5(3)12-7(9-6)8(10)11/h4H,1-3H3,(H,10,11). The van der Waals surface area contributed by atoms with Crippen molar-refractivity contribution >= 4 is 5.97 Å². The Kier molecular flexibility index (Phi) is 2.17. The number of oxazole rings is 1. The summed E-state index contributed by atoms with van der Waals surface area (Å²) in [7, 11) is 0. The maximum Gasteiger partial charge on any atom is 0.392 e. The minimum absolute atomic E-state index is 0.196. The number of carbonyl (C=O) groups is 1. The normalized spacial score (nSPS) is 10.7. The van der Waals surface area contributed by atoms with Crippen molar-refractivity contribution < 1.29 is 14.3 Å². The number of aryl methyl sites for hydroxylation is 1. The van der Waals surface area contributed by atoms with Crippen LogP contribution in [0.4, 0.5) is 0 Å². The molecule has 0 radical (unpaired) electrons. The first-order chi connectivity index (χ1) is 5.52. The minimum Gasteiger partial charge on any atom is -0.474 e. The van der Waals surface area contributed by atoms with Crippen LogP contribution in [0.3, 0.4) is 0 Å². The Morgan fingerprint density at radius 2 is 2.17 bits per heavy atom. The molecule has 66 valence electrons. The van der Waals surface area contributed by atoms with Crippen molar-refractivity contribution in [1.29, 1.82) is 0 Å². The van der Waals surface area contributed by atoms with Crippen LogP contribution in [0.1, 0.15) is 41.9 Å². The second-order valence-corrected chi connectivity index (χ2v) is 2.92. The van der Waals surface area contributed by atoms with Gasteiger partial charge in [-0.3, -0.25) is 0 Å². The summed E-state index contributed by atoms with van der Waals surface area (Å²) < 4.78 is 4.93. The molecule has 4 nitrogen and oxygen atoms in total.